The molecule has 0 spiro atoms. The summed E-state index contributed by atoms with van der Waals surface area (Å²) in [5.74, 6) is 0.534. The fourth-order valence-electron chi connectivity index (χ4n) is 3.39. The van der Waals surface area contributed by atoms with E-state index in [1.54, 1.807) is 0 Å². The maximum atomic E-state index is 11.7. The van der Waals surface area contributed by atoms with Gasteiger partial charge < -0.3 is 26.2 Å². The molecule has 8 nitrogen and oxygen atoms in total. The summed E-state index contributed by atoms with van der Waals surface area (Å²) >= 11 is 0. The Morgan fingerprint density at radius 2 is 2.08 bits per heavy atom. The van der Waals surface area contributed by atoms with Gasteiger partial charge in [0.15, 0.2) is 0 Å². The molecule has 0 bridgehead atoms. The molecule has 0 radical (unpaired) electrons. The highest BCUT2D eigenvalue weighted by Gasteiger charge is 2.28. The molecule has 0 aromatic carbocycles. The van der Waals surface area contributed by atoms with E-state index in [1.807, 2.05) is 0 Å². The SMILES string of the molecule is NC(=O)c1cnc(NC2CCOCC2)nc1N[C@@H]1CCC[C@@H]1CO. The molecule has 24 heavy (non-hydrogen) atoms. The summed E-state index contributed by atoms with van der Waals surface area (Å²) in [6.07, 6.45) is 6.22. The molecule has 1 aliphatic heterocycles. The molecule has 2 fully saturated rings. The molecular formula is C16H25N5O3. The normalized spacial score (nSPS) is 24.7. The number of primary amides is 1. The van der Waals surface area contributed by atoms with Crippen LogP contribution >= 0.6 is 0 Å². The van der Waals surface area contributed by atoms with E-state index in [0.29, 0.717) is 11.8 Å². The Kier molecular flexibility index (Phi) is 5.47. The molecule has 3 rings (SSSR count). The van der Waals surface area contributed by atoms with Crippen molar-refractivity contribution in [2.75, 3.05) is 30.5 Å². The average molecular weight is 335 g/mol. The highest BCUT2D eigenvalue weighted by Crippen LogP contribution is 2.29. The van der Waals surface area contributed by atoms with E-state index < -0.39 is 5.91 Å². The van der Waals surface area contributed by atoms with Crippen molar-refractivity contribution in [1.82, 2.24) is 9.97 Å². The predicted octanol–water partition coefficient (Wildman–Crippen LogP) is 0.739. The van der Waals surface area contributed by atoms with Crippen molar-refractivity contribution in [3.8, 4) is 0 Å². The van der Waals surface area contributed by atoms with Crippen LogP contribution in [0.3, 0.4) is 0 Å². The van der Waals surface area contributed by atoms with Crippen molar-refractivity contribution >= 4 is 17.7 Å². The van der Waals surface area contributed by atoms with Crippen molar-refractivity contribution < 1.29 is 14.6 Å². The van der Waals surface area contributed by atoms with E-state index in [4.69, 9.17) is 10.5 Å². The molecule has 1 aromatic heterocycles. The van der Waals surface area contributed by atoms with Crippen molar-refractivity contribution in [3.63, 3.8) is 0 Å². The number of hydrogen-bond acceptors (Lipinski definition) is 7. The van der Waals surface area contributed by atoms with Gasteiger partial charge in [0.05, 0.1) is 5.56 Å². The quantitative estimate of drug-likeness (QED) is 0.604. The maximum absolute atomic E-state index is 11.7. The number of aromatic nitrogens is 2. The highest BCUT2D eigenvalue weighted by atomic mass is 16.5. The zero-order chi connectivity index (χ0) is 16.9. The van der Waals surface area contributed by atoms with E-state index in [-0.39, 0.29) is 30.2 Å². The van der Waals surface area contributed by atoms with Crippen molar-refractivity contribution in [3.05, 3.63) is 11.8 Å². The van der Waals surface area contributed by atoms with Gasteiger partial charge >= 0.3 is 0 Å². The maximum Gasteiger partial charge on any atom is 0.254 e. The lowest BCUT2D eigenvalue weighted by atomic mass is 10.0. The molecule has 5 N–H and O–H groups in total. The topological polar surface area (TPSA) is 122 Å². The minimum atomic E-state index is -0.561. The summed E-state index contributed by atoms with van der Waals surface area (Å²) in [5, 5.41) is 16.1. The first-order valence-corrected chi connectivity index (χ1v) is 8.56. The van der Waals surface area contributed by atoms with Gasteiger partial charge in [-0.1, -0.05) is 6.42 Å². The van der Waals surface area contributed by atoms with Crippen LogP contribution in [0.15, 0.2) is 6.20 Å². The summed E-state index contributed by atoms with van der Waals surface area (Å²) in [5.41, 5.74) is 5.72. The second-order valence-corrected chi connectivity index (χ2v) is 6.48. The van der Waals surface area contributed by atoms with Gasteiger partial charge in [-0.25, -0.2) is 4.98 Å². The van der Waals surface area contributed by atoms with E-state index in [0.717, 1.165) is 45.3 Å². The van der Waals surface area contributed by atoms with Crippen LogP contribution in [-0.2, 0) is 4.74 Å². The van der Waals surface area contributed by atoms with Crippen LogP contribution in [-0.4, -0.2) is 52.9 Å². The van der Waals surface area contributed by atoms with E-state index in [9.17, 15) is 9.90 Å². The third-order valence-electron chi connectivity index (χ3n) is 4.82. The first kappa shape index (κ1) is 16.9. The average Bonchev–Trinajstić information content (AvgIpc) is 3.03. The van der Waals surface area contributed by atoms with Crippen LogP contribution in [0.4, 0.5) is 11.8 Å². The lowest BCUT2D eigenvalue weighted by molar-refractivity contribution is 0.0903. The first-order valence-electron chi connectivity index (χ1n) is 8.56. The van der Waals surface area contributed by atoms with Crippen LogP contribution in [0, 0.1) is 5.92 Å². The van der Waals surface area contributed by atoms with Crippen LogP contribution in [0.2, 0.25) is 0 Å². The second kappa shape index (κ2) is 7.76. The van der Waals surface area contributed by atoms with Gasteiger partial charge in [-0.05, 0) is 25.7 Å². The molecule has 1 amide bonds. The monoisotopic (exact) mass is 335 g/mol. The number of anilines is 2. The van der Waals surface area contributed by atoms with Gasteiger partial charge in [-0.15, -0.1) is 0 Å². The smallest absolute Gasteiger partial charge is 0.254 e. The molecule has 2 heterocycles. The molecule has 1 saturated carbocycles. The number of aliphatic hydroxyl groups excluding tert-OH is 1. The Balaban J connectivity index is 1.76. The number of aliphatic hydroxyl groups is 1. The largest absolute Gasteiger partial charge is 0.396 e. The van der Waals surface area contributed by atoms with Crippen molar-refractivity contribution in [1.29, 1.82) is 0 Å². The molecule has 132 valence electrons. The summed E-state index contributed by atoms with van der Waals surface area (Å²) in [6.45, 7) is 1.58. The van der Waals surface area contributed by atoms with Gasteiger partial charge in [-0.2, -0.15) is 4.98 Å². The van der Waals surface area contributed by atoms with E-state index in [1.165, 1.54) is 6.20 Å². The molecular weight excluding hydrogens is 310 g/mol. The Hall–Kier alpha value is -1.93. The predicted molar refractivity (Wildman–Crippen MR) is 89.9 cm³/mol. The number of nitrogens with zero attached hydrogens (tertiary/aromatic N) is 2. The Labute approximate surface area is 141 Å². The minimum absolute atomic E-state index is 0.0962. The highest BCUT2D eigenvalue weighted by molar-refractivity contribution is 5.97. The van der Waals surface area contributed by atoms with Crippen LogP contribution in [0.5, 0.6) is 0 Å². The van der Waals surface area contributed by atoms with E-state index in [2.05, 4.69) is 20.6 Å². The van der Waals surface area contributed by atoms with E-state index >= 15 is 0 Å². The summed E-state index contributed by atoms with van der Waals surface area (Å²) in [7, 11) is 0. The summed E-state index contributed by atoms with van der Waals surface area (Å²) < 4.78 is 5.35. The fraction of sp³-hybridized carbons (Fsp3) is 0.688. The van der Waals surface area contributed by atoms with Gasteiger partial charge in [0, 0.05) is 44.0 Å². The molecule has 1 saturated heterocycles. The molecule has 2 atom stereocenters. The third kappa shape index (κ3) is 3.93. The lowest BCUT2D eigenvalue weighted by Crippen LogP contribution is -2.31. The number of nitrogens with one attached hydrogen (secondary N) is 2. The van der Waals surface area contributed by atoms with Gasteiger partial charge in [0.25, 0.3) is 5.91 Å². The second-order valence-electron chi connectivity index (χ2n) is 6.48. The number of carbonyl (C=O) groups is 1. The van der Waals surface area contributed by atoms with Gasteiger partial charge in [-0.3, -0.25) is 4.79 Å². The number of ether oxygens (including phenoxy) is 1. The van der Waals surface area contributed by atoms with Crippen molar-refractivity contribution in [2.24, 2.45) is 11.7 Å². The molecule has 1 aliphatic carbocycles. The number of nitrogens with two attached hydrogens (primary N) is 1. The molecule has 0 unspecified atom stereocenters. The van der Waals surface area contributed by atoms with Crippen LogP contribution in [0.25, 0.3) is 0 Å². The summed E-state index contributed by atoms with van der Waals surface area (Å²) in [4.78, 5) is 20.3. The Bertz CT molecular complexity index is 577. The Morgan fingerprint density at radius 3 is 2.79 bits per heavy atom. The zero-order valence-corrected chi connectivity index (χ0v) is 13.7. The van der Waals surface area contributed by atoms with Crippen LogP contribution < -0.4 is 16.4 Å². The van der Waals surface area contributed by atoms with Gasteiger partial charge in [0.2, 0.25) is 5.95 Å². The number of carbonyl (C=O) groups excluding carboxylic acids is 1. The minimum Gasteiger partial charge on any atom is -0.396 e. The van der Waals surface area contributed by atoms with Crippen LogP contribution in [0.1, 0.15) is 42.5 Å². The Morgan fingerprint density at radius 1 is 1.29 bits per heavy atom. The number of hydrogen-bond donors (Lipinski definition) is 4. The molecule has 1 aromatic rings. The number of rotatable bonds is 6. The lowest BCUT2D eigenvalue weighted by Gasteiger charge is -2.24. The molecule has 2 aliphatic rings. The summed E-state index contributed by atoms with van der Waals surface area (Å²) in [6, 6.07) is 0.363. The number of amides is 1. The third-order valence-corrected chi connectivity index (χ3v) is 4.82. The standard InChI is InChI=1S/C16H25N5O3/c17-14(23)12-8-18-16(19-11-4-6-24-7-5-11)21-15(12)20-13-3-1-2-10(13)9-22/h8,10-11,13,22H,1-7,9H2,(H2,17,23)(H2,18,19,20,21)/t10-,13-/m1/s1. The van der Waals surface area contributed by atoms with Crippen molar-refractivity contribution in [2.45, 2.75) is 44.2 Å². The van der Waals surface area contributed by atoms with Gasteiger partial charge in [0.1, 0.15) is 5.82 Å². The first-order chi connectivity index (χ1) is 11.7. The molecule has 8 heteroatoms. The fourth-order valence-corrected chi connectivity index (χ4v) is 3.39. The zero-order valence-electron chi connectivity index (χ0n) is 13.7.